The second kappa shape index (κ2) is 10.5. The Morgan fingerprint density at radius 1 is 1.08 bits per heavy atom. The van der Waals surface area contributed by atoms with Gasteiger partial charge in [0.2, 0.25) is 5.82 Å². The maximum atomic E-state index is 12.0. The lowest BCUT2D eigenvalue weighted by molar-refractivity contribution is -0.384. The maximum Gasteiger partial charge on any atom is 0.293 e. The molecule has 11 heteroatoms. The first-order valence-electron chi connectivity index (χ1n) is 11.8. The van der Waals surface area contributed by atoms with E-state index in [1.807, 2.05) is 4.90 Å². The third-order valence-electron chi connectivity index (χ3n) is 6.43. The van der Waals surface area contributed by atoms with Gasteiger partial charge in [-0.25, -0.2) is 0 Å². The number of hydrogen-bond acceptors (Lipinski definition) is 10. The molecule has 0 atom stereocenters. The van der Waals surface area contributed by atoms with Crippen LogP contribution in [0.4, 0.5) is 11.4 Å². The summed E-state index contributed by atoms with van der Waals surface area (Å²) < 4.78 is 5.37. The summed E-state index contributed by atoms with van der Waals surface area (Å²) in [4.78, 5) is 31.2. The van der Waals surface area contributed by atoms with E-state index in [4.69, 9.17) is 9.78 Å². The number of nitrogens with zero attached hydrogens (tertiary/aromatic N) is 6. The van der Waals surface area contributed by atoms with Gasteiger partial charge in [0.1, 0.15) is 11.4 Å². The molecular weight excluding hydrogens is 488 g/mol. The zero-order valence-electron chi connectivity index (χ0n) is 20.1. The number of nitro benzene ring substituents is 1. The molecule has 0 radical (unpaired) electrons. The van der Waals surface area contributed by atoms with Crippen molar-refractivity contribution in [3.05, 3.63) is 87.5 Å². The number of rotatable bonds is 7. The zero-order valence-corrected chi connectivity index (χ0v) is 20.1. The van der Waals surface area contributed by atoms with Crippen molar-refractivity contribution in [1.82, 2.24) is 15.0 Å². The highest BCUT2D eigenvalue weighted by Gasteiger charge is 2.25. The molecule has 1 fully saturated rings. The Hall–Kier alpha value is -5.08. The molecule has 1 aliphatic heterocycles. The number of nitro groups is 1. The Morgan fingerprint density at radius 2 is 1.89 bits per heavy atom. The van der Waals surface area contributed by atoms with Gasteiger partial charge in [-0.3, -0.25) is 19.8 Å². The number of piperazine rings is 1. The first-order chi connectivity index (χ1) is 18.4. The molecular formula is C27H22N6O5. The van der Waals surface area contributed by atoms with Crippen molar-refractivity contribution in [3.8, 4) is 34.7 Å². The minimum absolute atomic E-state index is 0.0470. The molecule has 1 N–H and O–H groups in total. The molecule has 0 amide bonds. The summed E-state index contributed by atoms with van der Waals surface area (Å²) in [6, 6.07) is 18.6. The normalized spacial score (nSPS) is 13.7. The SMILES string of the molecule is N#Cc1cccc(-c2noc(-c3ccc(N4CCN(Cc5ccc(O)c(C=O)c5)CC4)c([N+](=O)[O-])c3)n2)c1. The van der Waals surface area contributed by atoms with Gasteiger partial charge < -0.3 is 14.5 Å². The number of hydrogen-bond donors (Lipinski definition) is 1. The Labute approximate surface area is 217 Å². The highest BCUT2D eigenvalue weighted by atomic mass is 16.6. The summed E-state index contributed by atoms with van der Waals surface area (Å²) in [6.07, 6.45) is 0.626. The highest BCUT2D eigenvalue weighted by Crippen LogP contribution is 2.34. The van der Waals surface area contributed by atoms with Gasteiger partial charge in [-0.1, -0.05) is 23.4 Å². The predicted molar refractivity (Wildman–Crippen MR) is 138 cm³/mol. The van der Waals surface area contributed by atoms with Gasteiger partial charge in [0.25, 0.3) is 11.6 Å². The van der Waals surface area contributed by atoms with Crippen molar-refractivity contribution in [2.75, 3.05) is 31.1 Å². The van der Waals surface area contributed by atoms with E-state index < -0.39 is 4.92 Å². The standard InChI is InChI=1S/C27H22N6O5/c28-15-18-2-1-3-20(12-18)26-29-27(38-30-26)21-5-6-23(24(14-21)33(36)37)32-10-8-31(9-11-32)16-19-4-7-25(35)22(13-19)17-34/h1-7,12-14,17,35H,8-11,16H2. The van der Waals surface area contributed by atoms with Gasteiger partial charge in [-0.05, 0) is 42.0 Å². The van der Waals surface area contributed by atoms with Gasteiger partial charge in [0.15, 0.2) is 6.29 Å². The van der Waals surface area contributed by atoms with Crippen molar-refractivity contribution < 1.29 is 19.3 Å². The van der Waals surface area contributed by atoms with Crippen LogP contribution in [0.1, 0.15) is 21.5 Å². The van der Waals surface area contributed by atoms with Gasteiger partial charge in [-0.2, -0.15) is 10.2 Å². The average Bonchev–Trinajstić information content (AvgIpc) is 3.45. The lowest BCUT2D eigenvalue weighted by atomic mass is 10.1. The van der Waals surface area contributed by atoms with Crippen LogP contribution in [-0.4, -0.2) is 57.5 Å². The summed E-state index contributed by atoms with van der Waals surface area (Å²) in [6.45, 7) is 3.11. The number of nitriles is 1. The minimum atomic E-state index is -0.420. The summed E-state index contributed by atoms with van der Waals surface area (Å²) >= 11 is 0. The van der Waals surface area contributed by atoms with E-state index in [1.54, 1.807) is 48.5 Å². The van der Waals surface area contributed by atoms with Crippen LogP contribution < -0.4 is 4.90 Å². The molecule has 38 heavy (non-hydrogen) atoms. The van der Waals surface area contributed by atoms with Crippen LogP contribution in [-0.2, 0) is 6.54 Å². The number of aromatic hydroxyl groups is 1. The van der Waals surface area contributed by atoms with Crippen molar-refractivity contribution in [1.29, 1.82) is 5.26 Å². The number of anilines is 1. The summed E-state index contributed by atoms with van der Waals surface area (Å²) in [5, 5.41) is 34.7. The predicted octanol–water partition coefficient (Wildman–Crippen LogP) is 4.02. The van der Waals surface area contributed by atoms with Gasteiger partial charge in [-0.15, -0.1) is 0 Å². The molecule has 11 nitrogen and oxygen atoms in total. The fourth-order valence-electron chi connectivity index (χ4n) is 4.46. The summed E-state index contributed by atoms with van der Waals surface area (Å²) in [7, 11) is 0. The Kier molecular flexibility index (Phi) is 6.80. The second-order valence-electron chi connectivity index (χ2n) is 8.85. The van der Waals surface area contributed by atoms with Crippen LogP contribution in [0.15, 0.2) is 65.2 Å². The van der Waals surface area contributed by atoms with Gasteiger partial charge in [0.05, 0.1) is 22.1 Å². The lowest BCUT2D eigenvalue weighted by Gasteiger charge is -2.35. The topological polar surface area (TPSA) is 150 Å². The van der Waals surface area contributed by atoms with E-state index >= 15 is 0 Å². The molecule has 190 valence electrons. The summed E-state index contributed by atoms with van der Waals surface area (Å²) in [5.74, 6) is 0.383. The van der Waals surface area contributed by atoms with Crippen LogP contribution in [0.5, 0.6) is 5.75 Å². The van der Waals surface area contributed by atoms with Gasteiger partial charge >= 0.3 is 0 Å². The largest absolute Gasteiger partial charge is 0.507 e. The maximum absolute atomic E-state index is 12.0. The lowest BCUT2D eigenvalue weighted by Crippen LogP contribution is -2.46. The van der Waals surface area contributed by atoms with E-state index in [-0.39, 0.29) is 28.7 Å². The highest BCUT2D eigenvalue weighted by molar-refractivity contribution is 5.79. The van der Waals surface area contributed by atoms with Crippen LogP contribution in [0.2, 0.25) is 0 Å². The monoisotopic (exact) mass is 510 g/mol. The average molecular weight is 511 g/mol. The van der Waals surface area contributed by atoms with E-state index in [2.05, 4.69) is 21.1 Å². The quantitative estimate of drug-likeness (QED) is 0.219. The fourth-order valence-corrected chi connectivity index (χ4v) is 4.46. The van der Waals surface area contributed by atoms with Crippen LogP contribution >= 0.6 is 0 Å². The molecule has 0 saturated carbocycles. The first-order valence-corrected chi connectivity index (χ1v) is 11.8. The Balaban J connectivity index is 1.31. The number of carbonyl (C=O) groups excluding carboxylic acids is 1. The fraction of sp³-hybridized carbons (Fsp3) is 0.185. The number of benzene rings is 3. The molecule has 1 aliphatic rings. The number of phenols is 1. The molecule has 0 spiro atoms. The smallest absolute Gasteiger partial charge is 0.293 e. The number of phenolic OH excluding ortho intramolecular Hbond substituents is 1. The second-order valence-corrected chi connectivity index (χ2v) is 8.85. The third kappa shape index (κ3) is 5.07. The van der Waals surface area contributed by atoms with Crippen molar-refractivity contribution in [2.24, 2.45) is 0 Å². The molecule has 4 aromatic rings. The van der Waals surface area contributed by atoms with Crippen molar-refractivity contribution in [3.63, 3.8) is 0 Å². The number of aromatic nitrogens is 2. The first kappa shape index (κ1) is 24.6. The van der Waals surface area contributed by atoms with Crippen LogP contribution in [0.25, 0.3) is 22.8 Å². The number of carbonyl (C=O) groups is 1. The Morgan fingerprint density at radius 3 is 2.63 bits per heavy atom. The minimum Gasteiger partial charge on any atom is -0.507 e. The zero-order chi connectivity index (χ0) is 26.6. The summed E-state index contributed by atoms with van der Waals surface area (Å²) in [5.41, 5.74) is 3.10. The van der Waals surface area contributed by atoms with Crippen LogP contribution in [0.3, 0.4) is 0 Å². The third-order valence-corrected chi connectivity index (χ3v) is 6.43. The molecule has 2 heterocycles. The van der Waals surface area contributed by atoms with E-state index in [0.29, 0.717) is 61.4 Å². The molecule has 0 bridgehead atoms. The number of aldehydes is 1. The molecule has 0 aliphatic carbocycles. The van der Waals surface area contributed by atoms with E-state index in [0.717, 1.165) is 5.56 Å². The van der Waals surface area contributed by atoms with Crippen molar-refractivity contribution in [2.45, 2.75) is 6.54 Å². The Bertz CT molecular complexity index is 1550. The molecule has 1 saturated heterocycles. The van der Waals surface area contributed by atoms with Gasteiger partial charge in [0, 0.05) is 49.9 Å². The molecule has 0 unspecified atom stereocenters. The van der Waals surface area contributed by atoms with Crippen molar-refractivity contribution >= 4 is 17.7 Å². The van der Waals surface area contributed by atoms with Crippen LogP contribution in [0, 0.1) is 21.4 Å². The molecule has 1 aromatic heterocycles. The molecule has 5 rings (SSSR count). The van der Waals surface area contributed by atoms with E-state index in [1.165, 1.54) is 12.1 Å². The molecule has 3 aromatic carbocycles. The van der Waals surface area contributed by atoms with E-state index in [9.17, 15) is 20.0 Å².